The number of hydrogen-bond donors (Lipinski definition) is 1. The molecule has 96 valence electrons. The van der Waals surface area contributed by atoms with Crippen molar-refractivity contribution in [2.75, 3.05) is 4.90 Å². The molecule has 0 radical (unpaired) electrons. The number of rotatable bonds is 1. The summed E-state index contributed by atoms with van der Waals surface area (Å²) in [4.78, 5) is 6.29. The Labute approximate surface area is 111 Å². The summed E-state index contributed by atoms with van der Waals surface area (Å²) in [5.41, 5.74) is 4.40. The molecular formula is C15H14FN3. The molecule has 0 atom stereocenters. The van der Waals surface area contributed by atoms with Gasteiger partial charge in [-0.15, -0.1) is 0 Å². The Morgan fingerprint density at radius 3 is 2.74 bits per heavy atom. The first-order valence-electron chi connectivity index (χ1n) is 6.15. The summed E-state index contributed by atoms with van der Waals surface area (Å²) < 4.78 is 13.3. The van der Waals surface area contributed by atoms with E-state index in [-0.39, 0.29) is 5.82 Å². The lowest BCUT2D eigenvalue weighted by atomic mass is 10.1. The van der Waals surface area contributed by atoms with Crippen LogP contribution in [-0.4, -0.2) is 10.8 Å². The van der Waals surface area contributed by atoms with Gasteiger partial charge in [0.25, 0.3) is 0 Å². The largest absolute Gasteiger partial charge is 0.320 e. The van der Waals surface area contributed by atoms with Crippen LogP contribution < -0.4 is 4.90 Å². The van der Waals surface area contributed by atoms with E-state index < -0.39 is 0 Å². The number of benzene rings is 1. The number of anilines is 1. The normalized spacial score (nSPS) is 13.8. The second-order valence-electron chi connectivity index (χ2n) is 4.79. The molecule has 1 N–H and O–H groups in total. The van der Waals surface area contributed by atoms with Gasteiger partial charge in [0.15, 0.2) is 0 Å². The quantitative estimate of drug-likeness (QED) is 0.850. The molecule has 0 saturated heterocycles. The summed E-state index contributed by atoms with van der Waals surface area (Å²) in [5.74, 6) is 0.0346. The molecule has 1 aromatic carbocycles. The van der Waals surface area contributed by atoms with Crippen molar-refractivity contribution in [2.45, 2.75) is 20.4 Å². The lowest BCUT2D eigenvalue weighted by molar-refractivity contribution is 0.627. The van der Waals surface area contributed by atoms with E-state index in [0.29, 0.717) is 17.9 Å². The van der Waals surface area contributed by atoms with E-state index in [1.54, 1.807) is 6.07 Å². The van der Waals surface area contributed by atoms with Crippen molar-refractivity contribution in [2.24, 2.45) is 0 Å². The number of aromatic nitrogens is 1. The number of nitrogens with one attached hydrogen (secondary N) is 1. The zero-order valence-corrected chi connectivity index (χ0v) is 10.9. The van der Waals surface area contributed by atoms with E-state index in [9.17, 15) is 4.39 Å². The van der Waals surface area contributed by atoms with Crippen molar-refractivity contribution in [1.82, 2.24) is 4.98 Å². The highest BCUT2D eigenvalue weighted by Gasteiger charge is 2.26. The van der Waals surface area contributed by atoms with E-state index in [4.69, 9.17) is 5.41 Å². The molecule has 1 aliphatic heterocycles. The highest BCUT2D eigenvalue weighted by molar-refractivity contribution is 6.11. The van der Waals surface area contributed by atoms with Crippen molar-refractivity contribution in [3.8, 4) is 0 Å². The standard InChI is InChI=1S/C15H14FN3/c1-9-3-6-14(10(2)18-9)19-8-11-4-5-12(16)7-13(11)15(19)17/h3-7,17H,8H2,1-2H3. The maximum atomic E-state index is 13.3. The number of amidine groups is 1. The fraction of sp³-hybridized carbons (Fsp3) is 0.200. The highest BCUT2D eigenvalue weighted by atomic mass is 19.1. The predicted octanol–water partition coefficient (Wildman–Crippen LogP) is 3.18. The predicted molar refractivity (Wildman–Crippen MR) is 73.1 cm³/mol. The van der Waals surface area contributed by atoms with Crippen LogP contribution in [-0.2, 0) is 6.54 Å². The van der Waals surface area contributed by atoms with Gasteiger partial charge in [0, 0.05) is 11.3 Å². The monoisotopic (exact) mass is 255 g/mol. The van der Waals surface area contributed by atoms with E-state index in [2.05, 4.69) is 4.98 Å². The summed E-state index contributed by atoms with van der Waals surface area (Å²) in [7, 11) is 0. The van der Waals surface area contributed by atoms with E-state index in [0.717, 1.165) is 22.6 Å². The van der Waals surface area contributed by atoms with Gasteiger partial charge in [0.2, 0.25) is 0 Å². The molecule has 2 aromatic rings. The first-order valence-corrected chi connectivity index (χ1v) is 6.15. The minimum atomic E-state index is -0.302. The molecule has 1 aliphatic rings. The van der Waals surface area contributed by atoms with Crippen molar-refractivity contribution in [3.63, 3.8) is 0 Å². The van der Waals surface area contributed by atoms with E-state index in [1.807, 2.05) is 30.9 Å². The fourth-order valence-electron chi connectivity index (χ4n) is 2.47. The minimum Gasteiger partial charge on any atom is -0.320 e. The molecule has 3 rings (SSSR count). The molecule has 0 unspecified atom stereocenters. The molecule has 0 aliphatic carbocycles. The topological polar surface area (TPSA) is 40.0 Å². The number of halogens is 1. The lowest BCUT2D eigenvalue weighted by Gasteiger charge is -2.20. The average molecular weight is 255 g/mol. The van der Waals surface area contributed by atoms with Gasteiger partial charge in [-0.1, -0.05) is 6.07 Å². The van der Waals surface area contributed by atoms with Crippen molar-refractivity contribution in [1.29, 1.82) is 5.41 Å². The summed E-state index contributed by atoms with van der Waals surface area (Å²) in [6.07, 6.45) is 0. The molecule has 2 heterocycles. The van der Waals surface area contributed by atoms with Crippen LogP contribution in [0.25, 0.3) is 0 Å². The van der Waals surface area contributed by atoms with Gasteiger partial charge in [-0.3, -0.25) is 10.4 Å². The van der Waals surface area contributed by atoms with Crippen molar-refractivity contribution < 1.29 is 4.39 Å². The summed E-state index contributed by atoms with van der Waals surface area (Å²) in [5, 5.41) is 8.20. The Morgan fingerprint density at radius 1 is 1.21 bits per heavy atom. The zero-order chi connectivity index (χ0) is 13.6. The van der Waals surface area contributed by atoms with Crippen LogP contribution in [0.5, 0.6) is 0 Å². The number of hydrogen-bond acceptors (Lipinski definition) is 2. The third-order valence-corrected chi connectivity index (χ3v) is 3.41. The Kier molecular flexibility index (Phi) is 2.59. The van der Waals surface area contributed by atoms with E-state index >= 15 is 0 Å². The Bertz CT molecular complexity index is 679. The van der Waals surface area contributed by atoms with Crippen LogP contribution in [0.1, 0.15) is 22.5 Å². The third-order valence-electron chi connectivity index (χ3n) is 3.41. The molecule has 3 nitrogen and oxygen atoms in total. The second kappa shape index (κ2) is 4.16. The lowest BCUT2D eigenvalue weighted by Crippen LogP contribution is -2.24. The van der Waals surface area contributed by atoms with Crippen LogP contribution >= 0.6 is 0 Å². The second-order valence-corrected chi connectivity index (χ2v) is 4.79. The first kappa shape index (κ1) is 11.8. The third kappa shape index (κ3) is 1.89. The van der Waals surface area contributed by atoms with Gasteiger partial charge >= 0.3 is 0 Å². The zero-order valence-electron chi connectivity index (χ0n) is 10.9. The van der Waals surface area contributed by atoms with Crippen LogP contribution in [0.3, 0.4) is 0 Å². The van der Waals surface area contributed by atoms with Gasteiger partial charge in [0.1, 0.15) is 11.7 Å². The number of nitrogens with zero attached hydrogens (tertiary/aromatic N) is 2. The molecular weight excluding hydrogens is 241 g/mol. The van der Waals surface area contributed by atoms with E-state index in [1.165, 1.54) is 12.1 Å². The molecule has 0 spiro atoms. The van der Waals surface area contributed by atoms with Gasteiger partial charge in [-0.2, -0.15) is 0 Å². The number of fused-ring (bicyclic) bond motifs is 1. The van der Waals surface area contributed by atoms with Crippen LogP contribution in [0, 0.1) is 25.1 Å². The molecule has 0 amide bonds. The average Bonchev–Trinajstić information content (AvgIpc) is 2.67. The van der Waals surface area contributed by atoms with Gasteiger partial charge in [0.05, 0.1) is 17.9 Å². The maximum absolute atomic E-state index is 13.3. The van der Waals surface area contributed by atoms with Crippen LogP contribution in [0.4, 0.5) is 10.1 Å². The van der Waals surface area contributed by atoms with Gasteiger partial charge in [-0.25, -0.2) is 4.39 Å². The number of pyridine rings is 1. The number of aryl methyl sites for hydroxylation is 2. The van der Waals surface area contributed by atoms with Crippen molar-refractivity contribution in [3.05, 3.63) is 58.7 Å². The molecule has 0 bridgehead atoms. The smallest absolute Gasteiger partial charge is 0.133 e. The van der Waals surface area contributed by atoms with Crippen LogP contribution in [0.2, 0.25) is 0 Å². The van der Waals surface area contributed by atoms with Gasteiger partial charge < -0.3 is 4.90 Å². The van der Waals surface area contributed by atoms with Gasteiger partial charge in [-0.05, 0) is 43.7 Å². The Morgan fingerprint density at radius 2 is 2.00 bits per heavy atom. The minimum absolute atomic E-state index is 0.302. The molecule has 4 heteroatoms. The SMILES string of the molecule is Cc1ccc(N2Cc3ccc(F)cc3C2=N)c(C)n1. The summed E-state index contributed by atoms with van der Waals surface area (Å²) >= 11 is 0. The summed E-state index contributed by atoms with van der Waals surface area (Å²) in [6.45, 7) is 4.47. The highest BCUT2D eigenvalue weighted by Crippen LogP contribution is 2.30. The molecule has 19 heavy (non-hydrogen) atoms. The Balaban J connectivity index is 2.04. The molecule has 0 fully saturated rings. The van der Waals surface area contributed by atoms with Crippen molar-refractivity contribution >= 4 is 11.5 Å². The molecule has 0 saturated carbocycles. The fourth-order valence-corrected chi connectivity index (χ4v) is 2.47. The molecule has 1 aromatic heterocycles. The maximum Gasteiger partial charge on any atom is 0.133 e. The summed E-state index contributed by atoms with van der Waals surface area (Å²) in [6, 6.07) is 8.51. The van der Waals surface area contributed by atoms with Crippen LogP contribution in [0.15, 0.2) is 30.3 Å². The Hall–Kier alpha value is -2.23. The first-order chi connectivity index (χ1) is 9.06.